The van der Waals surface area contributed by atoms with Crippen molar-refractivity contribution in [2.45, 2.75) is 32.0 Å². The van der Waals surface area contributed by atoms with Gasteiger partial charge in [0, 0.05) is 41.4 Å². The van der Waals surface area contributed by atoms with E-state index in [4.69, 9.17) is 37.7 Å². The second-order valence-corrected chi connectivity index (χ2v) is 10.5. The largest absolute Gasteiger partial charge is 0.480 e. The summed E-state index contributed by atoms with van der Waals surface area (Å²) < 4.78 is 11.1. The Balaban J connectivity index is 1.49. The number of rotatable bonds is 10. The summed E-state index contributed by atoms with van der Waals surface area (Å²) >= 11 is 14.0. The molecule has 1 aliphatic heterocycles. The van der Waals surface area contributed by atoms with Crippen LogP contribution >= 0.6 is 23.2 Å². The van der Waals surface area contributed by atoms with E-state index in [-0.39, 0.29) is 12.6 Å². The van der Waals surface area contributed by atoms with Crippen LogP contribution in [-0.2, 0) is 13.1 Å². The zero-order valence-electron chi connectivity index (χ0n) is 23.2. The molecule has 0 radical (unpaired) electrons. The molecule has 2 N–H and O–H groups in total. The monoisotopic (exact) mass is 594 g/mol. The number of ether oxygens (including phenoxy) is 2. The Morgan fingerprint density at radius 3 is 1.95 bits per heavy atom. The van der Waals surface area contributed by atoms with E-state index in [1.54, 1.807) is 26.6 Å². The minimum absolute atomic E-state index is 0.127. The predicted octanol–water partition coefficient (Wildman–Crippen LogP) is 5.27. The first-order valence-electron chi connectivity index (χ1n) is 13.4. The first-order chi connectivity index (χ1) is 20.0. The summed E-state index contributed by atoms with van der Waals surface area (Å²) in [7, 11) is 4.99. The molecule has 2 aromatic carbocycles. The molecule has 0 saturated carbocycles. The van der Waals surface area contributed by atoms with Gasteiger partial charge >= 0.3 is 0 Å². The lowest BCUT2D eigenvalue weighted by molar-refractivity contribution is 0.151. The van der Waals surface area contributed by atoms with Gasteiger partial charge in [-0.2, -0.15) is 0 Å². The summed E-state index contributed by atoms with van der Waals surface area (Å²) in [6.07, 6.45) is 5.41. The van der Waals surface area contributed by atoms with E-state index in [0.29, 0.717) is 63.1 Å². The number of halogens is 2. The van der Waals surface area contributed by atoms with Crippen molar-refractivity contribution >= 4 is 23.2 Å². The molecule has 9 nitrogen and oxygen atoms in total. The number of methoxy groups -OCH3 is 2. The van der Waals surface area contributed by atoms with E-state index in [2.05, 4.69) is 25.2 Å². The number of benzene rings is 2. The van der Waals surface area contributed by atoms with Crippen molar-refractivity contribution in [3.8, 4) is 45.4 Å². The normalized spacial score (nSPS) is 15.3. The zero-order chi connectivity index (χ0) is 28.9. The molecule has 1 saturated heterocycles. The number of aliphatic hydroxyl groups is 1. The lowest BCUT2D eigenvalue weighted by Crippen LogP contribution is -2.32. The van der Waals surface area contributed by atoms with E-state index >= 15 is 0 Å². The van der Waals surface area contributed by atoms with Crippen molar-refractivity contribution in [2.75, 3.05) is 34.4 Å². The van der Waals surface area contributed by atoms with Gasteiger partial charge in [-0.3, -0.25) is 14.9 Å². The Bertz CT molecular complexity index is 1540. The Kier molecular flexibility index (Phi) is 9.32. The van der Waals surface area contributed by atoms with Crippen LogP contribution in [0.25, 0.3) is 33.6 Å². The minimum Gasteiger partial charge on any atom is -0.480 e. The van der Waals surface area contributed by atoms with E-state index in [1.807, 2.05) is 43.4 Å². The molecule has 4 aromatic rings. The summed E-state index contributed by atoms with van der Waals surface area (Å²) in [5.41, 5.74) is 5.51. The Hall–Kier alpha value is -3.34. The fourth-order valence-corrected chi connectivity index (χ4v) is 5.81. The quantitative estimate of drug-likeness (QED) is 0.254. The highest BCUT2D eigenvalue weighted by molar-refractivity contribution is 6.39. The van der Waals surface area contributed by atoms with Crippen molar-refractivity contribution in [3.05, 3.63) is 70.2 Å². The van der Waals surface area contributed by atoms with E-state index in [1.165, 1.54) is 0 Å². The van der Waals surface area contributed by atoms with Crippen molar-refractivity contribution < 1.29 is 14.6 Å². The molecule has 1 fully saturated rings. The highest BCUT2D eigenvalue weighted by atomic mass is 35.5. The van der Waals surface area contributed by atoms with Gasteiger partial charge in [0.1, 0.15) is 11.4 Å². The summed E-state index contributed by atoms with van der Waals surface area (Å²) in [4.78, 5) is 20.8. The maximum absolute atomic E-state index is 9.69. The maximum atomic E-state index is 9.69. The summed E-state index contributed by atoms with van der Waals surface area (Å²) in [5, 5.41) is 13.7. The smallest absolute Gasteiger partial charge is 0.237 e. The van der Waals surface area contributed by atoms with E-state index in [9.17, 15) is 5.11 Å². The van der Waals surface area contributed by atoms with Crippen LogP contribution in [0, 0.1) is 0 Å². The van der Waals surface area contributed by atoms with Crippen molar-refractivity contribution in [1.29, 1.82) is 0 Å². The molecule has 1 aliphatic rings. The zero-order valence-corrected chi connectivity index (χ0v) is 24.7. The fraction of sp³-hybridized carbons (Fsp3) is 0.333. The first kappa shape index (κ1) is 29.2. The summed E-state index contributed by atoms with van der Waals surface area (Å²) in [6, 6.07) is 11.6. The summed E-state index contributed by atoms with van der Waals surface area (Å²) in [5.74, 6) is 0.868. The fourth-order valence-electron chi connectivity index (χ4n) is 5.16. The van der Waals surface area contributed by atoms with Gasteiger partial charge in [-0.25, -0.2) is 9.97 Å². The van der Waals surface area contributed by atoms with Gasteiger partial charge in [0.15, 0.2) is 0 Å². The topological polar surface area (TPSA) is 106 Å². The standard InChI is InChI=1S/C30H32Cl2N6O3/c1-33-13-25-29(40-2)36-23(14-34-25)21-10-4-8-19(27(21)31)20-9-5-11-22(28(20)32)24-15-35-26(30(37-24)41-3)16-38-12-6-7-18(38)17-39/h4-5,8-11,14-15,18,33,39H,6-7,12-13,16-17H2,1-3H3/t18-/m1/s1. The lowest BCUT2D eigenvalue weighted by Gasteiger charge is -2.22. The third-order valence-electron chi connectivity index (χ3n) is 7.26. The van der Waals surface area contributed by atoms with Gasteiger partial charge in [-0.1, -0.05) is 59.6 Å². The molecule has 5 rings (SSSR count). The second-order valence-electron chi connectivity index (χ2n) is 9.74. The molecule has 3 heterocycles. The van der Waals surface area contributed by atoms with E-state index < -0.39 is 0 Å². The lowest BCUT2D eigenvalue weighted by atomic mass is 9.98. The molecule has 2 aromatic heterocycles. The summed E-state index contributed by atoms with van der Waals surface area (Å²) in [6.45, 7) is 2.12. The second kappa shape index (κ2) is 13.1. The highest BCUT2D eigenvalue weighted by Crippen LogP contribution is 2.42. The molecule has 0 spiro atoms. The van der Waals surface area contributed by atoms with Crippen molar-refractivity contribution in [2.24, 2.45) is 0 Å². The van der Waals surface area contributed by atoms with Gasteiger partial charge in [-0.15, -0.1) is 0 Å². The molecule has 0 bridgehead atoms. The van der Waals surface area contributed by atoms with E-state index in [0.717, 1.165) is 36.2 Å². The number of likely N-dealkylation sites (tertiary alicyclic amines) is 1. The predicted molar refractivity (Wildman–Crippen MR) is 160 cm³/mol. The number of nitrogens with one attached hydrogen (secondary N) is 1. The molecular weight excluding hydrogens is 563 g/mol. The Morgan fingerprint density at radius 1 is 0.878 bits per heavy atom. The molecular formula is C30H32Cl2N6O3. The number of hydrogen-bond donors (Lipinski definition) is 2. The highest BCUT2D eigenvalue weighted by Gasteiger charge is 2.26. The van der Waals surface area contributed by atoms with Gasteiger partial charge < -0.3 is 19.9 Å². The van der Waals surface area contributed by atoms with Gasteiger partial charge in [-0.05, 0) is 26.4 Å². The van der Waals surface area contributed by atoms with Crippen LogP contribution in [0.5, 0.6) is 11.8 Å². The van der Waals surface area contributed by atoms with Crippen LogP contribution in [-0.4, -0.2) is 70.4 Å². The number of aromatic nitrogens is 4. The van der Waals surface area contributed by atoms with Crippen LogP contribution in [0.15, 0.2) is 48.8 Å². The molecule has 1 atom stereocenters. The molecule has 41 heavy (non-hydrogen) atoms. The molecule has 0 amide bonds. The minimum atomic E-state index is 0.127. The van der Waals surface area contributed by atoms with Crippen LogP contribution in [0.1, 0.15) is 24.2 Å². The third-order valence-corrected chi connectivity index (χ3v) is 8.07. The number of nitrogens with zero attached hydrogens (tertiary/aromatic N) is 5. The molecule has 214 valence electrons. The maximum Gasteiger partial charge on any atom is 0.237 e. The van der Waals surface area contributed by atoms with Gasteiger partial charge in [0.05, 0.1) is 54.7 Å². The van der Waals surface area contributed by atoms with Crippen molar-refractivity contribution in [1.82, 2.24) is 30.2 Å². The first-order valence-corrected chi connectivity index (χ1v) is 14.1. The van der Waals surface area contributed by atoms with Crippen LogP contribution in [0.4, 0.5) is 0 Å². The third kappa shape index (κ3) is 6.00. The van der Waals surface area contributed by atoms with Gasteiger partial charge in [0.25, 0.3) is 0 Å². The Morgan fingerprint density at radius 2 is 1.41 bits per heavy atom. The van der Waals surface area contributed by atoms with Crippen LogP contribution in [0.3, 0.4) is 0 Å². The van der Waals surface area contributed by atoms with Crippen molar-refractivity contribution in [3.63, 3.8) is 0 Å². The van der Waals surface area contributed by atoms with Crippen LogP contribution < -0.4 is 14.8 Å². The molecule has 11 heteroatoms. The SMILES string of the molecule is CNCc1ncc(-c2cccc(-c3cccc(-c4cnc(CN5CCC[C@@H]5CO)c(OC)n4)c3Cl)c2Cl)nc1OC. The number of aliphatic hydroxyl groups excluding tert-OH is 1. The number of hydrogen-bond acceptors (Lipinski definition) is 9. The average molecular weight is 596 g/mol. The van der Waals surface area contributed by atoms with Crippen LogP contribution in [0.2, 0.25) is 10.0 Å². The Labute approximate surface area is 249 Å². The molecule has 0 unspecified atom stereocenters. The average Bonchev–Trinajstić information content (AvgIpc) is 3.45. The molecule has 0 aliphatic carbocycles. The van der Waals surface area contributed by atoms with Gasteiger partial charge in [0.2, 0.25) is 11.8 Å².